The minimum atomic E-state index is -4.48. The molecule has 1 aromatic rings. The number of methoxy groups -OCH3 is 1. The Morgan fingerprint density at radius 1 is 1.19 bits per heavy atom. The van der Waals surface area contributed by atoms with E-state index in [1.54, 1.807) is 11.0 Å². The van der Waals surface area contributed by atoms with Gasteiger partial charge in [0, 0.05) is 19.4 Å². The quantitative estimate of drug-likeness (QED) is 0.267. The fraction of sp³-hybridized carbons (Fsp3) is 0.522. The predicted molar refractivity (Wildman–Crippen MR) is 111 cm³/mol. The van der Waals surface area contributed by atoms with E-state index in [9.17, 15) is 27.6 Å². The molecule has 9 heteroatoms. The minimum Gasteiger partial charge on any atom is -0.485 e. The topological polar surface area (TPSA) is 72.9 Å². The van der Waals surface area contributed by atoms with Crippen molar-refractivity contribution >= 4 is 17.7 Å². The van der Waals surface area contributed by atoms with Gasteiger partial charge in [0.25, 0.3) is 0 Å². The number of esters is 1. The highest BCUT2D eigenvalue weighted by Gasteiger charge is 2.31. The average molecular weight is 455 g/mol. The molecule has 0 aromatic heterocycles. The zero-order valence-electron chi connectivity index (χ0n) is 18.0. The molecule has 1 heterocycles. The van der Waals surface area contributed by atoms with Gasteiger partial charge in [0.05, 0.1) is 18.7 Å². The highest BCUT2D eigenvalue weighted by atomic mass is 19.4. The van der Waals surface area contributed by atoms with Gasteiger partial charge in [-0.2, -0.15) is 13.2 Å². The first-order chi connectivity index (χ1) is 15.2. The van der Waals surface area contributed by atoms with E-state index < -0.39 is 24.1 Å². The molecule has 1 amide bonds. The highest BCUT2D eigenvalue weighted by molar-refractivity contribution is 5.91. The fourth-order valence-corrected chi connectivity index (χ4v) is 3.44. The Balaban J connectivity index is 1.76. The lowest BCUT2D eigenvalue weighted by Crippen LogP contribution is -2.32. The van der Waals surface area contributed by atoms with Gasteiger partial charge in [0.15, 0.2) is 12.4 Å². The molecule has 2 rings (SSSR count). The van der Waals surface area contributed by atoms with Crippen LogP contribution in [0.5, 0.6) is 5.75 Å². The maximum atomic E-state index is 12.7. The second-order valence-electron chi connectivity index (χ2n) is 7.57. The number of rotatable bonds is 12. The Morgan fingerprint density at radius 2 is 1.94 bits per heavy atom. The van der Waals surface area contributed by atoms with Crippen molar-refractivity contribution in [2.75, 3.05) is 20.3 Å². The van der Waals surface area contributed by atoms with E-state index in [0.717, 1.165) is 37.8 Å². The number of ether oxygens (including phenoxy) is 2. The van der Waals surface area contributed by atoms with Crippen LogP contribution in [0.25, 0.3) is 0 Å². The van der Waals surface area contributed by atoms with Crippen molar-refractivity contribution in [2.45, 2.75) is 57.2 Å². The molecule has 1 atom stereocenters. The number of hydrogen-bond acceptors (Lipinski definition) is 5. The first kappa shape index (κ1) is 25.4. The molecule has 1 aliphatic rings. The molecule has 0 bridgehead atoms. The van der Waals surface area contributed by atoms with Crippen LogP contribution in [0.2, 0.25) is 0 Å². The summed E-state index contributed by atoms with van der Waals surface area (Å²) < 4.78 is 48.0. The van der Waals surface area contributed by atoms with Gasteiger partial charge >= 0.3 is 12.1 Å². The van der Waals surface area contributed by atoms with E-state index in [-0.39, 0.29) is 23.7 Å². The van der Waals surface area contributed by atoms with E-state index in [2.05, 4.69) is 4.74 Å². The molecule has 6 nitrogen and oxygen atoms in total. The van der Waals surface area contributed by atoms with Crippen LogP contribution in [0, 0.1) is 0 Å². The molecule has 0 radical (unpaired) electrons. The van der Waals surface area contributed by atoms with Gasteiger partial charge in [0.1, 0.15) is 5.75 Å². The number of likely N-dealkylation sites (tertiary alicyclic amines) is 1. The normalized spacial score (nSPS) is 16.6. The van der Waals surface area contributed by atoms with Crippen LogP contribution in [0.3, 0.4) is 0 Å². The van der Waals surface area contributed by atoms with Gasteiger partial charge in [-0.15, -0.1) is 0 Å². The van der Waals surface area contributed by atoms with Crippen molar-refractivity contribution in [1.29, 1.82) is 0 Å². The summed E-state index contributed by atoms with van der Waals surface area (Å²) >= 11 is 0. The van der Waals surface area contributed by atoms with Gasteiger partial charge < -0.3 is 14.4 Å². The van der Waals surface area contributed by atoms with Gasteiger partial charge in [-0.25, -0.2) is 0 Å². The molecule has 0 N–H and O–H groups in total. The third-order valence-electron chi connectivity index (χ3n) is 5.18. The lowest BCUT2D eigenvalue weighted by atomic mass is 10.1. The van der Waals surface area contributed by atoms with Crippen LogP contribution in [-0.4, -0.2) is 48.9 Å². The molecule has 0 aliphatic carbocycles. The van der Waals surface area contributed by atoms with E-state index >= 15 is 0 Å². The van der Waals surface area contributed by atoms with Crippen LogP contribution in [0.15, 0.2) is 36.4 Å². The summed E-state index contributed by atoms with van der Waals surface area (Å²) in [5.41, 5.74) is -0.844. The maximum absolute atomic E-state index is 12.7. The zero-order valence-corrected chi connectivity index (χ0v) is 18.0. The predicted octanol–water partition coefficient (Wildman–Crippen LogP) is 4.32. The van der Waals surface area contributed by atoms with Gasteiger partial charge in [-0.3, -0.25) is 14.4 Å². The number of nitrogens with zero attached hydrogens (tertiary/aromatic N) is 1. The summed E-state index contributed by atoms with van der Waals surface area (Å²) in [4.78, 5) is 37.0. The first-order valence-corrected chi connectivity index (χ1v) is 10.6. The molecule has 1 saturated heterocycles. The number of carbonyl (C=O) groups is 3. The molecule has 0 spiro atoms. The van der Waals surface area contributed by atoms with E-state index in [1.807, 2.05) is 0 Å². The number of alkyl halides is 3. The minimum absolute atomic E-state index is 0.0295. The smallest absolute Gasteiger partial charge is 0.416 e. The van der Waals surface area contributed by atoms with E-state index in [4.69, 9.17) is 4.74 Å². The van der Waals surface area contributed by atoms with Crippen LogP contribution in [-0.2, 0) is 25.3 Å². The van der Waals surface area contributed by atoms with Crippen LogP contribution >= 0.6 is 0 Å². The second-order valence-corrected chi connectivity index (χ2v) is 7.57. The van der Waals surface area contributed by atoms with Crippen molar-refractivity contribution < 1.29 is 37.0 Å². The van der Waals surface area contributed by atoms with Crippen LogP contribution < -0.4 is 4.74 Å². The fourth-order valence-electron chi connectivity index (χ4n) is 3.44. The Labute approximate surface area is 185 Å². The van der Waals surface area contributed by atoms with E-state index in [1.165, 1.54) is 25.3 Å². The number of ketones is 1. The Hall–Kier alpha value is -2.84. The maximum Gasteiger partial charge on any atom is 0.416 e. The van der Waals surface area contributed by atoms with E-state index in [0.29, 0.717) is 25.8 Å². The summed E-state index contributed by atoms with van der Waals surface area (Å²) in [5, 5.41) is 0. The number of benzene rings is 1. The summed E-state index contributed by atoms with van der Waals surface area (Å²) in [6.45, 7) is 0.180. The molecular weight excluding hydrogens is 427 g/mol. The van der Waals surface area contributed by atoms with Crippen molar-refractivity contribution in [3.63, 3.8) is 0 Å². The van der Waals surface area contributed by atoms with Crippen molar-refractivity contribution in [1.82, 2.24) is 4.90 Å². The summed E-state index contributed by atoms with van der Waals surface area (Å²) in [6.07, 6.45) is 3.17. The Bertz CT molecular complexity index is 822. The third kappa shape index (κ3) is 8.36. The molecule has 176 valence electrons. The lowest BCUT2D eigenvalue weighted by molar-refractivity contribution is -0.141. The van der Waals surface area contributed by atoms with Crippen LogP contribution in [0.1, 0.15) is 50.5 Å². The molecule has 1 unspecified atom stereocenters. The Morgan fingerprint density at radius 3 is 2.66 bits per heavy atom. The molecular formula is C23H28F3NO5. The largest absolute Gasteiger partial charge is 0.485 e. The molecule has 32 heavy (non-hydrogen) atoms. The molecule has 1 aromatic carbocycles. The summed E-state index contributed by atoms with van der Waals surface area (Å²) in [7, 11) is 1.36. The van der Waals surface area contributed by atoms with Crippen molar-refractivity contribution in [3.05, 3.63) is 42.0 Å². The number of carbonyl (C=O) groups excluding carboxylic acids is 3. The second kappa shape index (κ2) is 12.3. The average Bonchev–Trinajstić information content (AvgIpc) is 3.11. The number of amides is 1. The van der Waals surface area contributed by atoms with Gasteiger partial charge in [0.2, 0.25) is 5.91 Å². The van der Waals surface area contributed by atoms with Crippen LogP contribution in [0.4, 0.5) is 13.2 Å². The molecule has 0 saturated carbocycles. The lowest BCUT2D eigenvalue weighted by Gasteiger charge is -2.22. The standard InChI is InChI=1S/C23H28F3NO5/c1-31-22(30)9-4-2-3-5-14-27-18(11-13-21(27)29)10-12-19(28)16-32-20-8-6-7-17(15-20)23(24,25)26/h6-8,10,12,15,18H,2-5,9,11,13-14,16H2,1H3/b12-10+. The highest BCUT2D eigenvalue weighted by Crippen LogP contribution is 2.31. The number of hydrogen-bond donors (Lipinski definition) is 0. The zero-order chi connectivity index (χ0) is 23.6. The Kier molecular flexibility index (Phi) is 9.74. The third-order valence-corrected chi connectivity index (χ3v) is 5.18. The van der Waals surface area contributed by atoms with Gasteiger partial charge in [-0.05, 0) is 43.5 Å². The molecule has 1 fully saturated rings. The van der Waals surface area contributed by atoms with Crippen molar-refractivity contribution in [2.24, 2.45) is 0 Å². The molecule has 1 aliphatic heterocycles. The SMILES string of the molecule is COC(=O)CCCCCCN1C(=O)CCC1/C=C/C(=O)COc1cccc(C(F)(F)F)c1. The van der Waals surface area contributed by atoms with Crippen molar-refractivity contribution in [3.8, 4) is 5.75 Å². The number of halogens is 3. The number of unbranched alkanes of at least 4 members (excludes halogenated alkanes) is 3. The first-order valence-electron chi connectivity index (χ1n) is 10.6. The monoisotopic (exact) mass is 455 g/mol. The summed E-state index contributed by atoms with van der Waals surface area (Å²) in [5.74, 6) is -0.635. The summed E-state index contributed by atoms with van der Waals surface area (Å²) in [6, 6.07) is 4.17. The van der Waals surface area contributed by atoms with Gasteiger partial charge in [-0.1, -0.05) is 25.0 Å².